The average molecular weight is 437 g/mol. The molecule has 0 radical (unpaired) electrons. The van der Waals surface area contributed by atoms with E-state index in [1.54, 1.807) is 12.3 Å². The Morgan fingerprint density at radius 3 is 2.67 bits per heavy atom. The number of carbonyl (C=O) groups excluding carboxylic acids is 2. The average Bonchev–Trinajstić information content (AvgIpc) is 2.87. The third-order valence-corrected chi connectivity index (χ3v) is 5.90. The summed E-state index contributed by atoms with van der Waals surface area (Å²) in [6.45, 7) is -0.340. The standard InChI is InChI=1S/C27H23N3O3/c31-26(30-22-14-7-9-18-8-1-2-10-19(18)22)17-33-27(32)21-16-25(24-13-5-6-15-28-24)29-23-12-4-3-11-20(21)23/h1-6,8,10-13,15-16,22H,7,9,14,17H2,(H,30,31)/t22-/m1/s1. The molecule has 0 fully saturated rings. The highest BCUT2D eigenvalue weighted by Gasteiger charge is 2.22. The zero-order valence-electron chi connectivity index (χ0n) is 18.0. The fourth-order valence-corrected chi connectivity index (χ4v) is 4.34. The predicted octanol–water partition coefficient (Wildman–Crippen LogP) is 4.65. The Kier molecular flexibility index (Phi) is 5.81. The van der Waals surface area contributed by atoms with Gasteiger partial charge in [0.2, 0.25) is 0 Å². The van der Waals surface area contributed by atoms with Crippen LogP contribution in [0.5, 0.6) is 0 Å². The highest BCUT2D eigenvalue weighted by Crippen LogP contribution is 2.29. The zero-order valence-corrected chi connectivity index (χ0v) is 18.0. The maximum atomic E-state index is 13.0. The van der Waals surface area contributed by atoms with Crippen molar-refractivity contribution in [2.45, 2.75) is 25.3 Å². The van der Waals surface area contributed by atoms with Crippen LogP contribution in [-0.4, -0.2) is 28.5 Å². The summed E-state index contributed by atoms with van der Waals surface area (Å²) in [7, 11) is 0. The molecule has 1 atom stereocenters. The van der Waals surface area contributed by atoms with Gasteiger partial charge in [0.15, 0.2) is 6.61 Å². The molecular formula is C27H23N3O3. The summed E-state index contributed by atoms with van der Waals surface area (Å²) in [4.78, 5) is 34.6. The van der Waals surface area contributed by atoms with Crippen molar-refractivity contribution in [3.8, 4) is 11.4 Å². The Labute approximate surface area is 191 Å². The SMILES string of the molecule is O=C(COC(=O)c1cc(-c2ccccn2)nc2ccccc12)N[C@@H]1CCCc2ccccc21. The van der Waals surface area contributed by atoms with E-state index in [-0.39, 0.29) is 18.6 Å². The van der Waals surface area contributed by atoms with E-state index >= 15 is 0 Å². The number of carbonyl (C=O) groups is 2. The third-order valence-electron chi connectivity index (χ3n) is 5.90. The topological polar surface area (TPSA) is 81.2 Å². The van der Waals surface area contributed by atoms with Gasteiger partial charge in [-0.15, -0.1) is 0 Å². The molecule has 0 bridgehead atoms. The summed E-state index contributed by atoms with van der Waals surface area (Å²) in [6, 6.07) is 22.6. The van der Waals surface area contributed by atoms with Gasteiger partial charge in [0, 0.05) is 11.6 Å². The van der Waals surface area contributed by atoms with Crippen molar-refractivity contribution in [1.82, 2.24) is 15.3 Å². The van der Waals surface area contributed by atoms with E-state index in [4.69, 9.17) is 4.74 Å². The second-order valence-corrected chi connectivity index (χ2v) is 8.07. The van der Waals surface area contributed by atoms with Crippen LogP contribution in [0.1, 0.15) is 40.4 Å². The molecule has 0 spiro atoms. The second-order valence-electron chi connectivity index (χ2n) is 8.07. The molecule has 5 rings (SSSR count). The Balaban J connectivity index is 1.33. The summed E-state index contributed by atoms with van der Waals surface area (Å²) in [5.74, 6) is -0.877. The summed E-state index contributed by atoms with van der Waals surface area (Å²) in [5, 5.41) is 3.69. The Morgan fingerprint density at radius 2 is 1.79 bits per heavy atom. The van der Waals surface area contributed by atoms with Crippen molar-refractivity contribution < 1.29 is 14.3 Å². The molecule has 0 saturated carbocycles. The maximum absolute atomic E-state index is 13.0. The van der Waals surface area contributed by atoms with Crippen LogP contribution in [0.4, 0.5) is 0 Å². The molecule has 2 heterocycles. The van der Waals surface area contributed by atoms with Gasteiger partial charge in [0.1, 0.15) is 0 Å². The molecule has 6 heteroatoms. The van der Waals surface area contributed by atoms with E-state index in [1.165, 1.54) is 5.56 Å². The van der Waals surface area contributed by atoms with E-state index in [1.807, 2.05) is 60.7 Å². The molecule has 0 saturated heterocycles. The molecule has 4 aromatic rings. The highest BCUT2D eigenvalue weighted by molar-refractivity contribution is 6.05. The van der Waals surface area contributed by atoms with Gasteiger partial charge in [0.25, 0.3) is 5.91 Å². The number of hydrogen-bond donors (Lipinski definition) is 1. The van der Waals surface area contributed by atoms with E-state index in [2.05, 4.69) is 21.4 Å². The zero-order chi connectivity index (χ0) is 22.6. The van der Waals surface area contributed by atoms with E-state index in [0.29, 0.717) is 27.9 Å². The lowest BCUT2D eigenvalue weighted by Gasteiger charge is -2.26. The largest absolute Gasteiger partial charge is 0.452 e. The summed E-state index contributed by atoms with van der Waals surface area (Å²) in [6.07, 6.45) is 4.59. The molecule has 0 unspecified atom stereocenters. The number of para-hydroxylation sites is 1. The second kappa shape index (κ2) is 9.20. The van der Waals surface area contributed by atoms with Crippen LogP contribution >= 0.6 is 0 Å². The van der Waals surface area contributed by atoms with E-state index in [9.17, 15) is 9.59 Å². The Bertz CT molecular complexity index is 1320. The fourth-order valence-electron chi connectivity index (χ4n) is 4.34. The van der Waals surface area contributed by atoms with Gasteiger partial charge in [-0.3, -0.25) is 9.78 Å². The van der Waals surface area contributed by atoms with Crippen LogP contribution in [0.2, 0.25) is 0 Å². The molecule has 0 aliphatic heterocycles. The van der Waals surface area contributed by atoms with Gasteiger partial charge in [-0.1, -0.05) is 48.5 Å². The van der Waals surface area contributed by atoms with Crippen molar-refractivity contribution in [3.05, 3.63) is 95.7 Å². The van der Waals surface area contributed by atoms with Gasteiger partial charge in [-0.25, -0.2) is 9.78 Å². The number of nitrogens with zero attached hydrogens (tertiary/aromatic N) is 2. The first kappa shape index (κ1) is 20.8. The van der Waals surface area contributed by atoms with Crippen LogP contribution in [0, 0.1) is 0 Å². The minimum atomic E-state index is -0.565. The van der Waals surface area contributed by atoms with E-state index in [0.717, 1.165) is 24.8 Å². The highest BCUT2D eigenvalue weighted by atomic mass is 16.5. The van der Waals surface area contributed by atoms with Gasteiger partial charge < -0.3 is 10.1 Å². The minimum absolute atomic E-state index is 0.0568. The minimum Gasteiger partial charge on any atom is -0.452 e. The molecule has 164 valence electrons. The first-order valence-electron chi connectivity index (χ1n) is 11.0. The number of fused-ring (bicyclic) bond motifs is 2. The number of hydrogen-bond acceptors (Lipinski definition) is 5. The summed E-state index contributed by atoms with van der Waals surface area (Å²) in [5.41, 5.74) is 4.66. The number of nitrogens with one attached hydrogen (secondary N) is 1. The first-order chi connectivity index (χ1) is 16.2. The lowest BCUT2D eigenvalue weighted by molar-refractivity contribution is -0.125. The number of ether oxygens (including phenoxy) is 1. The number of benzene rings is 2. The van der Waals surface area contributed by atoms with Crippen molar-refractivity contribution in [3.63, 3.8) is 0 Å². The quantitative estimate of drug-likeness (QED) is 0.460. The number of esters is 1. The van der Waals surface area contributed by atoms with Crippen molar-refractivity contribution in [1.29, 1.82) is 0 Å². The molecule has 1 amide bonds. The van der Waals surface area contributed by atoms with Crippen LogP contribution < -0.4 is 5.32 Å². The lowest BCUT2D eigenvalue weighted by Crippen LogP contribution is -2.34. The van der Waals surface area contributed by atoms with Gasteiger partial charge >= 0.3 is 5.97 Å². The molecule has 1 aliphatic rings. The molecule has 6 nitrogen and oxygen atoms in total. The van der Waals surface area contributed by atoms with Crippen LogP contribution in [0.3, 0.4) is 0 Å². The van der Waals surface area contributed by atoms with Crippen LogP contribution in [0.15, 0.2) is 79.0 Å². The van der Waals surface area contributed by atoms with Gasteiger partial charge in [-0.2, -0.15) is 0 Å². The van der Waals surface area contributed by atoms with Crippen molar-refractivity contribution in [2.75, 3.05) is 6.61 Å². The van der Waals surface area contributed by atoms with Crippen LogP contribution in [0.25, 0.3) is 22.3 Å². The number of pyridine rings is 2. The van der Waals surface area contributed by atoms with E-state index < -0.39 is 5.97 Å². The van der Waals surface area contributed by atoms with Crippen molar-refractivity contribution in [2.24, 2.45) is 0 Å². The molecule has 2 aromatic heterocycles. The normalized spacial score (nSPS) is 15.0. The molecule has 1 aliphatic carbocycles. The van der Waals surface area contributed by atoms with Gasteiger partial charge in [-0.05, 0) is 54.7 Å². The number of amides is 1. The van der Waals surface area contributed by atoms with Gasteiger partial charge in [0.05, 0.1) is 28.5 Å². The van der Waals surface area contributed by atoms with Crippen molar-refractivity contribution >= 4 is 22.8 Å². The fraction of sp³-hybridized carbons (Fsp3) is 0.185. The summed E-state index contributed by atoms with van der Waals surface area (Å²) >= 11 is 0. The molecule has 2 aromatic carbocycles. The lowest BCUT2D eigenvalue weighted by atomic mass is 9.88. The molecular weight excluding hydrogens is 414 g/mol. The first-order valence-corrected chi connectivity index (χ1v) is 11.0. The third kappa shape index (κ3) is 4.46. The molecule has 33 heavy (non-hydrogen) atoms. The Hall–Kier alpha value is -4.06. The summed E-state index contributed by atoms with van der Waals surface area (Å²) < 4.78 is 5.42. The predicted molar refractivity (Wildman–Crippen MR) is 126 cm³/mol. The molecule has 1 N–H and O–H groups in total. The number of rotatable bonds is 5. The Morgan fingerprint density at radius 1 is 0.970 bits per heavy atom. The monoisotopic (exact) mass is 437 g/mol. The number of aryl methyl sites for hydroxylation is 1. The van der Waals surface area contributed by atoms with Crippen LogP contribution in [-0.2, 0) is 16.0 Å². The number of aromatic nitrogens is 2. The maximum Gasteiger partial charge on any atom is 0.339 e. The smallest absolute Gasteiger partial charge is 0.339 e.